The zero-order valence-electron chi connectivity index (χ0n) is 11.0. The molecule has 0 amide bonds. The Labute approximate surface area is 113 Å². The van der Waals surface area contributed by atoms with E-state index in [9.17, 15) is 0 Å². The fraction of sp³-hybridized carbons (Fsp3) is 0.583. The fourth-order valence-electron chi connectivity index (χ4n) is 0.829. The molecule has 0 unspecified atom stereocenters. The van der Waals surface area contributed by atoms with Crippen molar-refractivity contribution in [3.63, 3.8) is 0 Å². The lowest BCUT2D eigenvalue weighted by molar-refractivity contribution is 0.737. The minimum Gasteiger partial charge on any atom is -0.256 e. The van der Waals surface area contributed by atoms with E-state index in [-0.39, 0.29) is 5.28 Å². The molecule has 1 aromatic heterocycles. The third-order valence-electron chi connectivity index (χ3n) is 1.39. The number of rotatable bonds is 2. The first kappa shape index (κ1) is 16.3. The first-order valence-electron chi connectivity index (χ1n) is 5.60. The summed E-state index contributed by atoms with van der Waals surface area (Å²) in [4.78, 5) is 11.9. The number of hydrogen-bond acceptors (Lipinski definition) is 3. The van der Waals surface area contributed by atoms with Gasteiger partial charge in [0.25, 0.3) is 0 Å². The van der Waals surface area contributed by atoms with Crippen molar-refractivity contribution in [2.45, 2.75) is 41.0 Å². The van der Waals surface area contributed by atoms with Crippen molar-refractivity contribution in [3.05, 3.63) is 16.1 Å². The van der Waals surface area contributed by atoms with Gasteiger partial charge in [0.05, 0.1) is 5.69 Å². The lowest BCUT2D eigenvalue weighted by Gasteiger charge is -2.00. The zero-order chi connectivity index (χ0) is 13.4. The van der Waals surface area contributed by atoms with Gasteiger partial charge in [0.1, 0.15) is 5.69 Å². The van der Waals surface area contributed by atoms with E-state index in [0.717, 1.165) is 12.3 Å². The molecule has 0 saturated carbocycles. The van der Waals surface area contributed by atoms with Crippen molar-refractivity contribution < 1.29 is 0 Å². The molecule has 1 rings (SSSR count). The standard InChI is InChI=1S/C8H9Cl2N3.C4H10/c1-3-4-11-6-5(2)12-8(10)13-7(6)9;1-4(2)3/h4H,3H2,1-2H3;4H,1-3H3. The van der Waals surface area contributed by atoms with Crippen LogP contribution in [0.15, 0.2) is 4.99 Å². The van der Waals surface area contributed by atoms with Gasteiger partial charge in [-0.2, -0.15) is 0 Å². The van der Waals surface area contributed by atoms with Crippen LogP contribution in [0.3, 0.4) is 0 Å². The van der Waals surface area contributed by atoms with E-state index in [1.165, 1.54) is 0 Å². The molecule has 0 atom stereocenters. The lowest BCUT2D eigenvalue weighted by atomic mass is 10.3. The SMILES string of the molecule is CC(C)C.CCC=Nc1c(C)nc(Cl)nc1Cl. The Morgan fingerprint density at radius 1 is 1.24 bits per heavy atom. The van der Waals surface area contributed by atoms with E-state index in [4.69, 9.17) is 23.2 Å². The second kappa shape index (κ2) is 8.43. The van der Waals surface area contributed by atoms with Crippen LogP contribution in [-0.4, -0.2) is 16.2 Å². The van der Waals surface area contributed by atoms with Gasteiger partial charge in [-0.3, -0.25) is 4.99 Å². The van der Waals surface area contributed by atoms with E-state index in [1.807, 2.05) is 6.92 Å². The van der Waals surface area contributed by atoms with Gasteiger partial charge in [0, 0.05) is 6.21 Å². The normalized spacial score (nSPS) is 10.6. The highest BCUT2D eigenvalue weighted by atomic mass is 35.5. The maximum Gasteiger partial charge on any atom is 0.224 e. The summed E-state index contributed by atoms with van der Waals surface area (Å²) in [5.41, 5.74) is 1.28. The van der Waals surface area contributed by atoms with E-state index in [0.29, 0.717) is 16.5 Å². The number of halogens is 2. The van der Waals surface area contributed by atoms with Gasteiger partial charge >= 0.3 is 0 Å². The first-order valence-corrected chi connectivity index (χ1v) is 6.36. The highest BCUT2D eigenvalue weighted by Gasteiger charge is 2.06. The van der Waals surface area contributed by atoms with Crippen LogP contribution in [-0.2, 0) is 0 Å². The molecule has 0 aliphatic rings. The Kier molecular flexibility index (Phi) is 8.09. The van der Waals surface area contributed by atoms with Crippen molar-refractivity contribution in [3.8, 4) is 0 Å². The second-order valence-corrected chi connectivity index (χ2v) is 4.87. The highest BCUT2D eigenvalue weighted by molar-refractivity contribution is 6.33. The number of aromatic nitrogens is 2. The van der Waals surface area contributed by atoms with E-state index in [1.54, 1.807) is 13.1 Å². The summed E-state index contributed by atoms with van der Waals surface area (Å²) in [7, 11) is 0. The third-order valence-corrected chi connectivity index (χ3v) is 1.82. The molecule has 0 bridgehead atoms. The number of aliphatic imine (C=N–C) groups is 1. The van der Waals surface area contributed by atoms with Crippen LogP contribution < -0.4 is 0 Å². The molecule has 1 aromatic rings. The summed E-state index contributed by atoms with van der Waals surface area (Å²) in [6.45, 7) is 10.3. The molecular formula is C12H19Cl2N3. The molecule has 0 radical (unpaired) electrons. The zero-order valence-corrected chi connectivity index (χ0v) is 12.5. The van der Waals surface area contributed by atoms with Crippen molar-refractivity contribution in [1.29, 1.82) is 0 Å². The van der Waals surface area contributed by atoms with Crippen LogP contribution >= 0.6 is 23.2 Å². The van der Waals surface area contributed by atoms with Crippen LogP contribution in [0.25, 0.3) is 0 Å². The Morgan fingerprint density at radius 3 is 2.18 bits per heavy atom. The summed E-state index contributed by atoms with van der Waals surface area (Å²) in [6.07, 6.45) is 2.60. The summed E-state index contributed by atoms with van der Waals surface area (Å²) >= 11 is 11.4. The summed E-state index contributed by atoms with van der Waals surface area (Å²) in [5, 5.41) is 0.445. The molecule has 96 valence electrons. The molecule has 0 fully saturated rings. The van der Waals surface area contributed by atoms with Gasteiger partial charge in [-0.25, -0.2) is 9.97 Å². The van der Waals surface area contributed by atoms with Gasteiger partial charge in [-0.1, -0.05) is 39.3 Å². The Balaban J connectivity index is 0.000000557. The van der Waals surface area contributed by atoms with Gasteiger partial charge in [-0.15, -0.1) is 0 Å². The second-order valence-electron chi connectivity index (χ2n) is 4.17. The average Bonchev–Trinajstić information content (AvgIpc) is 2.15. The number of nitrogens with zero attached hydrogens (tertiary/aromatic N) is 3. The molecule has 0 aliphatic heterocycles. The van der Waals surface area contributed by atoms with Gasteiger partial charge < -0.3 is 0 Å². The molecule has 3 nitrogen and oxygen atoms in total. The average molecular weight is 276 g/mol. The van der Waals surface area contributed by atoms with Crippen LogP contribution in [0.2, 0.25) is 10.4 Å². The molecule has 17 heavy (non-hydrogen) atoms. The minimum atomic E-state index is 0.151. The van der Waals surface area contributed by atoms with E-state index in [2.05, 4.69) is 35.7 Å². The van der Waals surface area contributed by atoms with Gasteiger partial charge in [-0.05, 0) is 30.9 Å². The Bertz CT molecular complexity index is 350. The van der Waals surface area contributed by atoms with Crippen molar-refractivity contribution in [2.75, 3.05) is 0 Å². The molecule has 5 heteroatoms. The van der Waals surface area contributed by atoms with E-state index < -0.39 is 0 Å². The molecule has 0 saturated heterocycles. The first-order chi connectivity index (χ1) is 7.88. The minimum absolute atomic E-state index is 0.151. The summed E-state index contributed by atoms with van der Waals surface area (Å²) < 4.78 is 0. The Morgan fingerprint density at radius 2 is 1.76 bits per heavy atom. The highest BCUT2D eigenvalue weighted by Crippen LogP contribution is 2.26. The molecule has 0 aliphatic carbocycles. The maximum absolute atomic E-state index is 5.82. The third kappa shape index (κ3) is 7.29. The number of aryl methyl sites for hydroxylation is 1. The molecule has 0 aromatic carbocycles. The molecule has 0 spiro atoms. The predicted octanol–water partition coefficient (Wildman–Crippen LogP) is 4.87. The van der Waals surface area contributed by atoms with Crippen LogP contribution in [0.5, 0.6) is 0 Å². The van der Waals surface area contributed by atoms with Crippen LogP contribution in [0.4, 0.5) is 5.69 Å². The molecule has 0 N–H and O–H groups in total. The molecule has 1 heterocycles. The Hall–Kier alpha value is -0.670. The number of hydrogen-bond donors (Lipinski definition) is 0. The summed E-state index contributed by atoms with van der Waals surface area (Å²) in [6, 6.07) is 0. The monoisotopic (exact) mass is 275 g/mol. The van der Waals surface area contributed by atoms with Crippen LogP contribution in [0.1, 0.15) is 39.8 Å². The van der Waals surface area contributed by atoms with E-state index >= 15 is 0 Å². The maximum atomic E-state index is 5.82. The van der Waals surface area contributed by atoms with Crippen LogP contribution in [0, 0.1) is 12.8 Å². The quantitative estimate of drug-likeness (QED) is 0.439. The fourth-order valence-corrected chi connectivity index (χ4v) is 1.35. The van der Waals surface area contributed by atoms with Gasteiger partial charge in [0.15, 0.2) is 5.15 Å². The lowest BCUT2D eigenvalue weighted by Crippen LogP contribution is -1.89. The van der Waals surface area contributed by atoms with Crippen molar-refractivity contribution in [2.24, 2.45) is 10.9 Å². The van der Waals surface area contributed by atoms with Gasteiger partial charge in [0.2, 0.25) is 5.28 Å². The predicted molar refractivity (Wildman–Crippen MR) is 75.7 cm³/mol. The topological polar surface area (TPSA) is 38.1 Å². The molecular weight excluding hydrogens is 257 g/mol. The van der Waals surface area contributed by atoms with Crippen molar-refractivity contribution in [1.82, 2.24) is 9.97 Å². The largest absolute Gasteiger partial charge is 0.256 e. The summed E-state index contributed by atoms with van der Waals surface area (Å²) in [5.74, 6) is 0.833. The smallest absolute Gasteiger partial charge is 0.224 e. The van der Waals surface area contributed by atoms with Crippen molar-refractivity contribution >= 4 is 35.1 Å².